The number of aromatic nitrogens is 2. The van der Waals surface area contributed by atoms with E-state index < -0.39 is 17.7 Å². The predicted octanol–water partition coefficient (Wildman–Crippen LogP) is 1.85. The third-order valence-corrected chi connectivity index (χ3v) is 3.42. The van der Waals surface area contributed by atoms with Crippen molar-refractivity contribution in [1.29, 1.82) is 0 Å². The summed E-state index contributed by atoms with van der Waals surface area (Å²) in [7, 11) is 1.55. The number of carbonyl (C=O) groups is 1. The summed E-state index contributed by atoms with van der Waals surface area (Å²) in [6, 6.07) is 2.17. The van der Waals surface area contributed by atoms with Gasteiger partial charge in [-0.1, -0.05) is 6.92 Å². The topological polar surface area (TPSA) is 72.1 Å². The molecule has 0 spiro atoms. The summed E-state index contributed by atoms with van der Waals surface area (Å²) >= 11 is 0. The van der Waals surface area contributed by atoms with E-state index in [4.69, 9.17) is 5.73 Å². The van der Waals surface area contributed by atoms with Gasteiger partial charge in [-0.15, -0.1) is 0 Å². The standard InChI is InChI=1S/C16H18F2N4O/c1-3-15-20-8-13(9-21-15)22(2)16(23)14(19)6-10-4-11(17)7-12(18)5-10/h4-5,7-9,14H,3,6,19H2,1-2H3/t14-/m0/s1. The molecule has 0 radical (unpaired) electrons. The fraction of sp³-hybridized carbons (Fsp3) is 0.312. The van der Waals surface area contributed by atoms with Gasteiger partial charge in [-0.2, -0.15) is 0 Å². The Hall–Kier alpha value is -2.41. The van der Waals surface area contributed by atoms with E-state index in [2.05, 4.69) is 9.97 Å². The largest absolute Gasteiger partial charge is 0.320 e. The van der Waals surface area contributed by atoms with Crippen LogP contribution in [0.25, 0.3) is 0 Å². The Morgan fingerprint density at radius 2 is 1.78 bits per heavy atom. The van der Waals surface area contributed by atoms with Crippen LogP contribution in [0.1, 0.15) is 18.3 Å². The summed E-state index contributed by atoms with van der Waals surface area (Å²) in [5.74, 6) is -1.11. The highest BCUT2D eigenvalue weighted by Crippen LogP contribution is 2.14. The highest BCUT2D eigenvalue weighted by molar-refractivity contribution is 5.96. The van der Waals surface area contributed by atoms with E-state index in [0.717, 1.165) is 18.2 Å². The van der Waals surface area contributed by atoms with Crippen LogP contribution >= 0.6 is 0 Å². The lowest BCUT2D eigenvalue weighted by atomic mass is 10.1. The highest BCUT2D eigenvalue weighted by Gasteiger charge is 2.20. The molecule has 0 aliphatic carbocycles. The summed E-state index contributed by atoms with van der Waals surface area (Å²) in [4.78, 5) is 21.9. The maximum Gasteiger partial charge on any atom is 0.244 e. The molecule has 0 saturated carbocycles. The average Bonchev–Trinajstić information content (AvgIpc) is 2.52. The lowest BCUT2D eigenvalue weighted by Crippen LogP contribution is -2.43. The number of hydrogen-bond acceptors (Lipinski definition) is 4. The Labute approximate surface area is 133 Å². The molecule has 1 amide bonds. The predicted molar refractivity (Wildman–Crippen MR) is 82.9 cm³/mol. The number of nitrogens with two attached hydrogens (primary N) is 1. The van der Waals surface area contributed by atoms with Crippen molar-refractivity contribution in [2.75, 3.05) is 11.9 Å². The van der Waals surface area contributed by atoms with Crippen LogP contribution in [0.2, 0.25) is 0 Å². The monoisotopic (exact) mass is 320 g/mol. The zero-order chi connectivity index (χ0) is 17.0. The van der Waals surface area contributed by atoms with Crippen molar-refractivity contribution in [2.45, 2.75) is 25.8 Å². The summed E-state index contributed by atoms with van der Waals surface area (Å²) in [5, 5.41) is 0. The number of carbonyl (C=O) groups excluding carboxylic acids is 1. The molecule has 0 saturated heterocycles. The molecule has 0 unspecified atom stereocenters. The Morgan fingerprint density at radius 1 is 1.22 bits per heavy atom. The zero-order valence-electron chi connectivity index (χ0n) is 13.0. The third kappa shape index (κ3) is 4.29. The van der Waals surface area contributed by atoms with E-state index in [1.165, 1.54) is 17.3 Å². The van der Waals surface area contributed by atoms with Crippen LogP contribution in [-0.4, -0.2) is 29.0 Å². The molecular weight excluding hydrogens is 302 g/mol. The first-order chi connectivity index (χ1) is 10.9. The van der Waals surface area contributed by atoms with Crippen LogP contribution < -0.4 is 10.6 Å². The number of amides is 1. The Morgan fingerprint density at radius 3 is 2.30 bits per heavy atom. The molecular formula is C16H18F2N4O. The summed E-state index contributed by atoms with van der Waals surface area (Å²) < 4.78 is 26.4. The molecule has 122 valence electrons. The molecule has 2 rings (SSSR count). The third-order valence-electron chi connectivity index (χ3n) is 3.42. The zero-order valence-corrected chi connectivity index (χ0v) is 13.0. The minimum absolute atomic E-state index is 0.0335. The SMILES string of the molecule is CCc1ncc(N(C)C(=O)[C@@H](N)Cc2cc(F)cc(F)c2)cn1. The van der Waals surface area contributed by atoms with E-state index in [-0.39, 0.29) is 12.3 Å². The normalized spacial score (nSPS) is 12.0. The van der Waals surface area contributed by atoms with Gasteiger partial charge in [-0.25, -0.2) is 18.7 Å². The van der Waals surface area contributed by atoms with Gasteiger partial charge in [0.05, 0.1) is 24.1 Å². The van der Waals surface area contributed by atoms with E-state index >= 15 is 0 Å². The van der Waals surface area contributed by atoms with Crippen molar-refractivity contribution in [3.05, 3.63) is 53.6 Å². The van der Waals surface area contributed by atoms with Crippen molar-refractivity contribution < 1.29 is 13.6 Å². The van der Waals surface area contributed by atoms with Gasteiger partial charge in [-0.05, 0) is 24.1 Å². The molecule has 23 heavy (non-hydrogen) atoms. The minimum Gasteiger partial charge on any atom is -0.320 e. The Bertz CT molecular complexity index is 671. The van der Waals surface area contributed by atoms with Gasteiger partial charge in [0.2, 0.25) is 5.91 Å². The molecule has 0 aliphatic heterocycles. The number of halogens is 2. The maximum absolute atomic E-state index is 13.2. The molecule has 0 aliphatic rings. The fourth-order valence-electron chi connectivity index (χ4n) is 2.15. The Balaban J connectivity index is 2.08. The molecule has 1 atom stereocenters. The van der Waals surface area contributed by atoms with Gasteiger partial charge in [0, 0.05) is 19.5 Å². The van der Waals surface area contributed by atoms with Gasteiger partial charge in [0.1, 0.15) is 17.5 Å². The molecule has 2 N–H and O–H groups in total. The quantitative estimate of drug-likeness (QED) is 0.912. The number of nitrogens with zero attached hydrogens (tertiary/aromatic N) is 3. The summed E-state index contributed by atoms with van der Waals surface area (Å²) in [5.41, 5.74) is 6.70. The summed E-state index contributed by atoms with van der Waals surface area (Å²) in [6.07, 6.45) is 3.81. The van der Waals surface area contributed by atoms with Crippen molar-refractivity contribution in [3.8, 4) is 0 Å². The second kappa shape index (κ2) is 7.23. The second-order valence-electron chi connectivity index (χ2n) is 5.20. The van der Waals surface area contributed by atoms with Crippen molar-refractivity contribution in [1.82, 2.24) is 9.97 Å². The van der Waals surface area contributed by atoms with E-state index in [0.29, 0.717) is 23.5 Å². The number of rotatable bonds is 5. The smallest absolute Gasteiger partial charge is 0.244 e. The lowest BCUT2D eigenvalue weighted by molar-refractivity contribution is -0.119. The minimum atomic E-state index is -0.924. The number of likely N-dealkylation sites (N-methyl/N-ethyl adjacent to an activating group) is 1. The lowest BCUT2D eigenvalue weighted by Gasteiger charge is -2.21. The first kappa shape index (κ1) is 17.0. The van der Waals surface area contributed by atoms with Crippen LogP contribution in [0.4, 0.5) is 14.5 Å². The molecule has 1 heterocycles. The number of benzene rings is 1. The molecule has 0 bridgehead atoms. The van der Waals surface area contributed by atoms with E-state index in [9.17, 15) is 13.6 Å². The molecule has 2 aromatic rings. The Kier molecular flexibility index (Phi) is 5.33. The first-order valence-corrected chi connectivity index (χ1v) is 7.19. The van der Waals surface area contributed by atoms with Gasteiger partial charge in [0.15, 0.2) is 0 Å². The van der Waals surface area contributed by atoms with Crippen LogP contribution in [0.3, 0.4) is 0 Å². The van der Waals surface area contributed by atoms with Crippen LogP contribution in [0.5, 0.6) is 0 Å². The maximum atomic E-state index is 13.2. The van der Waals surface area contributed by atoms with Crippen LogP contribution in [0, 0.1) is 11.6 Å². The molecule has 5 nitrogen and oxygen atoms in total. The van der Waals surface area contributed by atoms with Crippen LogP contribution in [0.15, 0.2) is 30.6 Å². The number of anilines is 1. The molecule has 1 aromatic heterocycles. The average molecular weight is 320 g/mol. The highest BCUT2D eigenvalue weighted by atomic mass is 19.1. The van der Waals surface area contributed by atoms with Gasteiger partial charge < -0.3 is 10.6 Å². The van der Waals surface area contributed by atoms with E-state index in [1.54, 1.807) is 7.05 Å². The van der Waals surface area contributed by atoms with Gasteiger partial charge in [-0.3, -0.25) is 4.79 Å². The van der Waals surface area contributed by atoms with Gasteiger partial charge >= 0.3 is 0 Å². The number of aryl methyl sites for hydroxylation is 1. The van der Waals surface area contributed by atoms with Gasteiger partial charge in [0.25, 0.3) is 0 Å². The molecule has 1 aromatic carbocycles. The fourth-order valence-corrected chi connectivity index (χ4v) is 2.15. The summed E-state index contributed by atoms with van der Waals surface area (Å²) in [6.45, 7) is 1.93. The second-order valence-corrected chi connectivity index (χ2v) is 5.20. The van der Waals surface area contributed by atoms with E-state index in [1.807, 2.05) is 6.92 Å². The van der Waals surface area contributed by atoms with Crippen molar-refractivity contribution in [3.63, 3.8) is 0 Å². The first-order valence-electron chi connectivity index (χ1n) is 7.19. The number of hydrogen-bond donors (Lipinski definition) is 1. The van der Waals surface area contributed by atoms with Crippen molar-refractivity contribution in [2.24, 2.45) is 5.73 Å². The molecule has 0 fully saturated rings. The molecule has 7 heteroatoms. The van der Waals surface area contributed by atoms with Crippen molar-refractivity contribution >= 4 is 11.6 Å². The van der Waals surface area contributed by atoms with Crippen LogP contribution in [-0.2, 0) is 17.6 Å².